The smallest absolute Gasteiger partial charge is 0.0686 e. The van der Waals surface area contributed by atoms with Crippen LogP contribution in [0.4, 0.5) is 0 Å². The minimum absolute atomic E-state index is 0.171. The lowest BCUT2D eigenvalue weighted by atomic mass is 10.1. The zero-order chi connectivity index (χ0) is 12.3. The Hall–Kier alpha value is -0.350. The molecule has 0 aliphatic heterocycles. The van der Waals surface area contributed by atoms with Crippen LogP contribution >= 0.6 is 38.9 Å². The SMILES string of the molecule is CCNC(c1cccc(Br)c1)c1sccc1Cl. The van der Waals surface area contributed by atoms with E-state index in [0.29, 0.717) is 0 Å². The molecule has 1 aromatic carbocycles. The fraction of sp³-hybridized carbons (Fsp3) is 0.231. The zero-order valence-corrected chi connectivity index (χ0v) is 12.6. The Morgan fingerprint density at radius 1 is 1.41 bits per heavy atom. The van der Waals surface area contributed by atoms with E-state index in [2.05, 4.69) is 40.3 Å². The summed E-state index contributed by atoms with van der Waals surface area (Å²) in [4.78, 5) is 1.17. The Balaban J connectivity index is 2.39. The first-order chi connectivity index (χ1) is 8.22. The number of nitrogens with one attached hydrogen (secondary N) is 1. The van der Waals surface area contributed by atoms with Gasteiger partial charge in [0.15, 0.2) is 0 Å². The Labute approximate surface area is 119 Å². The summed E-state index contributed by atoms with van der Waals surface area (Å²) in [5, 5.41) is 6.34. The number of rotatable bonds is 4. The first-order valence-electron chi connectivity index (χ1n) is 5.44. The third-order valence-corrected chi connectivity index (χ3v) is 4.41. The fourth-order valence-corrected chi connectivity index (χ4v) is 3.45. The summed E-state index contributed by atoms with van der Waals surface area (Å²) in [6, 6.07) is 10.4. The Morgan fingerprint density at radius 2 is 2.24 bits per heavy atom. The van der Waals surface area contributed by atoms with Crippen LogP contribution < -0.4 is 5.32 Å². The van der Waals surface area contributed by atoms with Gasteiger partial charge in [-0.25, -0.2) is 0 Å². The van der Waals surface area contributed by atoms with E-state index >= 15 is 0 Å². The summed E-state index contributed by atoms with van der Waals surface area (Å²) in [7, 11) is 0. The molecule has 1 nitrogen and oxygen atoms in total. The quantitative estimate of drug-likeness (QED) is 0.844. The van der Waals surface area contributed by atoms with Crippen molar-refractivity contribution in [2.45, 2.75) is 13.0 Å². The van der Waals surface area contributed by atoms with E-state index in [9.17, 15) is 0 Å². The van der Waals surface area contributed by atoms with E-state index in [4.69, 9.17) is 11.6 Å². The monoisotopic (exact) mass is 329 g/mol. The molecule has 0 aliphatic rings. The molecule has 1 aromatic heterocycles. The highest BCUT2D eigenvalue weighted by molar-refractivity contribution is 9.10. The number of benzene rings is 1. The van der Waals surface area contributed by atoms with Gasteiger partial charge < -0.3 is 5.32 Å². The molecule has 0 aliphatic carbocycles. The molecule has 1 atom stereocenters. The van der Waals surface area contributed by atoms with E-state index in [1.165, 1.54) is 10.4 Å². The molecule has 17 heavy (non-hydrogen) atoms. The van der Waals surface area contributed by atoms with Crippen LogP contribution in [-0.4, -0.2) is 6.54 Å². The van der Waals surface area contributed by atoms with Crippen LogP contribution in [0.2, 0.25) is 5.02 Å². The summed E-state index contributed by atoms with van der Waals surface area (Å²) in [6.07, 6.45) is 0. The first kappa shape index (κ1) is 13.1. The molecule has 0 saturated carbocycles. The van der Waals surface area contributed by atoms with Crippen molar-refractivity contribution in [2.24, 2.45) is 0 Å². The maximum atomic E-state index is 6.22. The van der Waals surface area contributed by atoms with Crippen LogP contribution in [-0.2, 0) is 0 Å². The van der Waals surface area contributed by atoms with Gasteiger partial charge >= 0.3 is 0 Å². The van der Waals surface area contributed by atoms with Gasteiger partial charge in [-0.1, -0.05) is 46.6 Å². The molecular formula is C13H13BrClNS. The van der Waals surface area contributed by atoms with Crippen LogP contribution in [0.15, 0.2) is 40.2 Å². The van der Waals surface area contributed by atoms with Gasteiger partial charge in [0.05, 0.1) is 11.1 Å². The van der Waals surface area contributed by atoms with E-state index in [1.807, 2.05) is 23.6 Å². The predicted molar refractivity (Wildman–Crippen MR) is 79.0 cm³/mol. The maximum absolute atomic E-state index is 6.22. The molecule has 0 amide bonds. The van der Waals surface area contributed by atoms with E-state index in [-0.39, 0.29) is 6.04 Å². The third-order valence-electron chi connectivity index (χ3n) is 2.50. The predicted octanol–water partition coefficient (Wildman–Crippen LogP) is 4.86. The average Bonchev–Trinajstić information content (AvgIpc) is 2.72. The molecule has 0 fully saturated rings. The normalized spacial score (nSPS) is 12.6. The molecule has 2 aromatic rings. The summed E-state index contributed by atoms with van der Waals surface area (Å²) in [5.74, 6) is 0. The lowest BCUT2D eigenvalue weighted by molar-refractivity contribution is 0.639. The molecule has 4 heteroatoms. The number of halogens is 2. The van der Waals surface area contributed by atoms with Crippen molar-refractivity contribution in [1.29, 1.82) is 0 Å². The van der Waals surface area contributed by atoms with Gasteiger partial charge in [0.1, 0.15) is 0 Å². The van der Waals surface area contributed by atoms with Crippen molar-refractivity contribution in [2.75, 3.05) is 6.54 Å². The lowest BCUT2D eigenvalue weighted by Gasteiger charge is -2.18. The maximum Gasteiger partial charge on any atom is 0.0686 e. The van der Waals surface area contributed by atoms with E-state index < -0.39 is 0 Å². The van der Waals surface area contributed by atoms with Gasteiger partial charge in [-0.15, -0.1) is 11.3 Å². The molecular weight excluding hydrogens is 318 g/mol. The summed E-state index contributed by atoms with van der Waals surface area (Å²) >= 11 is 11.4. The molecule has 0 saturated heterocycles. The molecule has 90 valence electrons. The minimum Gasteiger partial charge on any atom is -0.306 e. The molecule has 0 bridgehead atoms. The zero-order valence-electron chi connectivity index (χ0n) is 9.41. The minimum atomic E-state index is 0.171. The van der Waals surface area contributed by atoms with Crippen molar-refractivity contribution in [3.63, 3.8) is 0 Å². The largest absolute Gasteiger partial charge is 0.306 e. The second-order valence-corrected chi connectivity index (χ2v) is 5.95. The van der Waals surface area contributed by atoms with Gasteiger partial charge in [0.25, 0.3) is 0 Å². The molecule has 2 rings (SSSR count). The van der Waals surface area contributed by atoms with Crippen LogP contribution in [0.5, 0.6) is 0 Å². The number of thiophene rings is 1. The molecule has 1 N–H and O–H groups in total. The van der Waals surface area contributed by atoms with Crippen molar-refractivity contribution < 1.29 is 0 Å². The average molecular weight is 331 g/mol. The fourth-order valence-electron chi connectivity index (χ4n) is 1.76. The summed E-state index contributed by atoms with van der Waals surface area (Å²) < 4.78 is 1.09. The van der Waals surface area contributed by atoms with Crippen LogP contribution in [0.1, 0.15) is 23.4 Å². The van der Waals surface area contributed by atoms with Gasteiger partial charge in [0.2, 0.25) is 0 Å². The Kier molecular flexibility index (Phi) is 4.62. The second-order valence-electron chi connectivity index (χ2n) is 3.68. The standard InChI is InChI=1S/C13H13BrClNS/c1-2-16-12(13-11(15)6-7-17-13)9-4-3-5-10(14)8-9/h3-8,12,16H,2H2,1H3. The van der Waals surface area contributed by atoms with Crippen LogP contribution in [0, 0.1) is 0 Å². The highest BCUT2D eigenvalue weighted by Gasteiger charge is 2.17. The van der Waals surface area contributed by atoms with Gasteiger partial charge in [-0.05, 0) is 35.7 Å². The number of hydrogen-bond acceptors (Lipinski definition) is 2. The van der Waals surface area contributed by atoms with Gasteiger partial charge in [0, 0.05) is 9.35 Å². The van der Waals surface area contributed by atoms with E-state index in [0.717, 1.165) is 16.0 Å². The molecule has 0 radical (unpaired) electrons. The molecule has 1 unspecified atom stereocenters. The first-order valence-corrected chi connectivity index (χ1v) is 7.49. The lowest BCUT2D eigenvalue weighted by Crippen LogP contribution is -2.21. The van der Waals surface area contributed by atoms with Crippen molar-refractivity contribution in [1.82, 2.24) is 5.32 Å². The van der Waals surface area contributed by atoms with Gasteiger partial charge in [-0.3, -0.25) is 0 Å². The van der Waals surface area contributed by atoms with Crippen LogP contribution in [0.3, 0.4) is 0 Å². The number of hydrogen-bond donors (Lipinski definition) is 1. The summed E-state index contributed by atoms with van der Waals surface area (Å²) in [5.41, 5.74) is 1.23. The highest BCUT2D eigenvalue weighted by atomic mass is 79.9. The topological polar surface area (TPSA) is 12.0 Å². The highest BCUT2D eigenvalue weighted by Crippen LogP contribution is 2.33. The second kappa shape index (κ2) is 6.01. The van der Waals surface area contributed by atoms with Crippen molar-refractivity contribution in [3.05, 3.63) is 55.6 Å². The van der Waals surface area contributed by atoms with Crippen molar-refractivity contribution >= 4 is 38.9 Å². The van der Waals surface area contributed by atoms with E-state index in [1.54, 1.807) is 11.3 Å². The van der Waals surface area contributed by atoms with Crippen LogP contribution in [0.25, 0.3) is 0 Å². The molecule has 0 spiro atoms. The Bertz CT molecular complexity index is 498. The Morgan fingerprint density at radius 3 is 2.82 bits per heavy atom. The molecule has 1 heterocycles. The van der Waals surface area contributed by atoms with Gasteiger partial charge in [-0.2, -0.15) is 0 Å². The summed E-state index contributed by atoms with van der Waals surface area (Å²) in [6.45, 7) is 3.01. The van der Waals surface area contributed by atoms with Crippen molar-refractivity contribution in [3.8, 4) is 0 Å². The third kappa shape index (κ3) is 3.10.